The van der Waals surface area contributed by atoms with Crippen molar-refractivity contribution in [3.63, 3.8) is 0 Å². The van der Waals surface area contributed by atoms with Crippen molar-refractivity contribution in [2.24, 2.45) is 4.99 Å². The molecule has 0 bridgehead atoms. The number of fused-ring (bicyclic) bond motifs is 1. The molecule has 3 heterocycles. The zero-order chi connectivity index (χ0) is 19.8. The van der Waals surface area contributed by atoms with Crippen molar-refractivity contribution in [2.75, 3.05) is 39.3 Å². The van der Waals surface area contributed by atoms with Crippen LogP contribution in [0.5, 0.6) is 0 Å². The third-order valence-corrected chi connectivity index (χ3v) is 6.59. The van der Waals surface area contributed by atoms with Crippen LogP contribution >= 0.6 is 35.3 Å². The van der Waals surface area contributed by atoms with E-state index in [9.17, 15) is 4.79 Å². The number of hydrogen-bond acceptors (Lipinski definition) is 4. The van der Waals surface area contributed by atoms with E-state index in [4.69, 9.17) is 0 Å². The van der Waals surface area contributed by atoms with Crippen molar-refractivity contribution in [3.05, 3.63) is 21.9 Å². The number of thiophene rings is 1. The number of hydrogen-bond donors (Lipinski definition) is 2. The average Bonchev–Trinajstić information content (AvgIpc) is 3.17. The number of amides is 1. The van der Waals surface area contributed by atoms with Gasteiger partial charge in [-0.05, 0) is 56.2 Å². The smallest absolute Gasteiger partial charge is 0.224 e. The first kappa shape index (κ1) is 24.4. The van der Waals surface area contributed by atoms with Gasteiger partial charge in [0.05, 0.1) is 6.54 Å². The molecule has 0 aliphatic carbocycles. The van der Waals surface area contributed by atoms with Crippen LogP contribution in [0.3, 0.4) is 0 Å². The van der Waals surface area contributed by atoms with Crippen LogP contribution in [0.15, 0.2) is 16.4 Å². The lowest BCUT2D eigenvalue weighted by molar-refractivity contribution is -0.131. The predicted molar refractivity (Wildman–Crippen MR) is 132 cm³/mol. The van der Waals surface area contributed by atoms with Crippen molar-refractivity contribution < 1.29 is 4.79 Å². The monoisotopic (exact) mass is 533 g/mol. The predicted octanol–water partition coefficient (Wildman–Crippen LogP) is 3.07. The van der Waals surface area contributed by atoms with Crippen LogP contribution in [0, 0.1) is 0 Å². The van der Waals surface area contributed by atoms with Gasteiger partial charge in [0.1, 0.15) is 0 Å². The summed E-state index contributed by atoms with van der Waals surface area (Å²) in [6.45, 7) is 10.8. The van der Waals surface area contributed by atoms with Crippen molar-refractivity contribution >= 4 is 47.2 Å². The molecular formula is C21H36IN5OS. The van der Waals surface area contributed by atoms with Crippen molar-refractivity contribution in [1.82, 2.24) is 20.4 Å². The number of carbonyl (C=O) groups is 1. The molecule has 6 nitrogen and oxygen atoms in total. The number of guanidine groups is 1. The lowest BCUT2D eigenvalue weighted by atomic mass is 10.1. The Labute approximate surface area is 196 Å². The van der Waals surface area contributed by atoms with Gasteiger partial charge in [0, 0.05) is 50.1 Å². The summed E-state index contributed by atoms with van der Waals surface area (Å²) in [6, 6.07) is 2.62. The highest BCUT2D eigenvalue weighted by molar-refractivity contribution is 14.0. The minimum absolute atomic E-state index is 0. The van der Waals surface area contributed by atoms with Crippen molar-refractivity contribution in [3.8, 4) is 0 Å². The van der Waals surface area contributed by atoms with Gasteiger partial charge < -0.3 is 20.4 Å². The Kier molecular flexibility index (Phi) is 10.7. The quantitative estimate of drug-likeness (QED) is 0.322. The first-order valence-corrected chi connectivity index (χ1v) is 11.7. The maximum atomic E-state index is 12.6. The number of nitrogens with one attached hydrogen (secondary N) is 2. The zero-order valence-corrected chi connectivity index (χ0v) is 20.9. The molecule has 2 N–H and O–H groups in total. The molecule has 2 aliphatic heterocycles. The molecule has 29 heavy (non-hydrogen) atoms. The molecule has 0 spiro atoms. The van der Waals surface area contributed by atoms with Crippen molar-refractivity contribution in [1.29, 1.82) is 0 Å². The highest BCUT2D eigenvalue weighted by atomic mass is 127. The van der Waals surface area contributed by atoms with Crippen LogP contribution in [0.2, 0.25) is 0 Å². The fourth-order valence-electron chi connectivity index (χ4n) is 4.01. The van der Waals surface area contributed by atoms with Crippen LogP contribution < -0.4 is 10.6 Å². The Morgan fingerprint density at radius 2 is 2.07 bits per heavy atom. The molecule has 3 rings (SSSR count). The third kappa shape index (κ3) is 7.40. The summed E-state index contributed by atoms with van der Waals surface area (Å²) >= 11 is 1.81. The summed E-state index contributed by atoms with van der Waals surface area (Å²) in [7, 11) is 0. The van der Waals surface area contributed by atoms with Crippen LogP contribution in [0.25, 0.3) is 0 Å². The molecule has 0 atom stereocenters. The molecule has 0 aromatic carbocycles. The summed E-state index contributed by atoms with van der Waals surface area (Å²) in [5.41, 5.74) is 1.32. The summed E-state index contributed by atoms with van der Waals surface area (Å²) in [5.74, 6) is 1.06. The van der Waals surface area contributed by atoms with Crippen LogP contribution in [-0.4, -0.2) is 67.0 Å². The molecule has 2 aliphatic rings. The van der Waals surface area contributed by atoms with E-state index in [1.54, 1.807) is 11.3 Å². The highest BCUT2D eigenvalue weighted by Gasteiger charge is 2.21. The summed E-state index contributed by atoms with van der Waals surface area (Å²) in [4.78, 5) is 23.2. The molecule has 1 aromatic heterocycles. The summed E-state index contributed by atoms with van der Waals surface area (Å²) in [6.07, 6.45) is 5.00. The van der Waals surface area contributed by atoms with Gasteiger partial charge in [-0.1, -0.05) is 6.92 Å². The number of halogens is 1. The minimum atomic E-state index is 0. The van der Waals surface area contributed by atoms with Crippen LogP contribution in [0.4, 0.5) is 0 Å². The second kappa shape index (κ2) is 12.7. The number of rotatable bonds is 7. The van der Waals surface area contributed by atoms with E-state index in [1.165, 1.54) is 23.4 Å². The second-order valence-electron chi connectivity index (χ2n) is 7.71. The van der Waals surface area contributed by atoms with Crippen LogP contribution in [0.1, 0.15) is 50.0 Å². The fourth-order valence-corrected chi connectivity index (χ4v) is 4.90. The maximum Gasteiger partial charge on any atom is 0.224 e. The molecule has 1 aromatic rings. The Bertz CT molecular complexity index is 657. The number of piperidine rings is 1. The van der Waals surface area contributed by atoms with Gasteiger partial charge in [-0.25, -0.2) is 0 Å². The SMILES string of the molecule is CCCN1CCC(NC(=NCCC(=O)N2CCc3sccc3C2)NCC)CC1.I. The van der Waals surface area contributed by atoms with Gasteiger partial charge in [-0.2, -0.15) is 0 Å². The first-order chi connectivity index (χ1) is 13.7. The molecule has 1 saturated heterocycles. The standard InChI is InChI=1S/C21H35N5OS.HI/c1-3-11-25-12-6-18(7-13-25)24-21(22-4-2)23-10-5-20(27)26-14-8-19-17(16-26)9-15-28-19;/h9,15,18H,3-8,10-14,16H2,1-2H3,(H2,22,23,24);1H. The van der Waals surface area contributed by atoms with E-state index in [0.29, 0.717) is 19.0 Å². The Balaban J connectivity index is 0.00000300. The number of carbonyl (C=O) groups excluding carboxylic acids is 1. The lowest BCUT2D eigenvalue weighted by Gasteiger charge is -2.32. The topological polar surface area (TPSA) is 60.0 Å². The van der Waals surface area contributed by atoms with Gasteiger partial charge in [0.25, 0.3) is 0 Å². The Morgan fingerprint density at radius 1 is 1.28 bits per heavy atom. The van der Waals surface area contributed by atoms with Crippen LogP contribution in [-0.2, 0) is 17.8 Å². The van der Waals surface area contributed by atoms with Crippen molar-refractivity contribution in [2.45, 2.75) is 58.5 Å². The third-order valence-electron chi connectivity index (χ3n) is 5.57. The summed E-state index contributed by atoms with van der Waals surface area (Å²) in [5, 5.41) is 9.03. The largest absolute Gasteiger partial charge is 0.357 e. The molecule has 0 saturated carbocycles. The molecule has 0 radical (unpaired) electrons. The van der Waals surface area contributed by atoms with E-state index in [0.717, 1.165) is 57.9 Å². The molecule has 8 heteroatoms. The normalized spacial score (nSPS) is 18.1. The molecule has 0 unspecified atom stereocenters. The van der Waals surface area contributed by atoms with Gasteiger partial charge in [-0.15, -0.1) is 35.3 Å². The Morgan fingerprint density at radius 3 is 2.79 bits per heavy atom. The molecule has 164 valence electrons. The van der Waals surface area contributed by atoms with E-state index < -0.39 is 0 Å². The lowest BCUT2D eigenvalue weighted by Crippen LogP contribution is -2.48. The van der Waals surface area contributed by atoms with E-state index >= 15 is 0 Å². The van der Waals surface area contributed by atoms with Gasteiger partial charge in [0.2, 0.25) is 5.91 Å². The minimum Gasteiger partial charge on any atom is -0.357 e. The Hall–Kier alpha value is -0.870. The summed E-state index contributed by atoms with van der Waals surface area (Å²) < 4.78 is 0. The molecule has 1 amide bonds. The fraction of sp³-hybridized carbons (Fsp3) is 0.714. The second-order valence-corrected chi connectivity index (χ2v) is 8.71. The van der Waals surface area contributed by atoms with Gasteiger partial charge >= 0.3 is 0 Å². The highest BCUT2D eigenvalue weighted by Crippen LogP contribution is 2.24. The zero-order valence-electron chi connectivity index (χ0n) is 17.8. The number of aliphatic imine (C=N–C) groups is 1. The number of nitrogens with zero attached hydrogens (tertiary/aromatic N) is 3. The van der Waals surface area contributed by atoms with Gasteiger partial charge in [-0.3, -0.25) is 9.79 Å². The van der Waals surface area contributed by atoms with E-state index in [1.807, 2.05) is 4.90 Å². The van der Waals surface area contributed by atoms with Gasteiger partial charge in [0.15, 0.2) is 5.96 Å². The molecular weight excluding hydrogens is 497 g/mol. The van der Waals surface area contributed by atoms with E-state index in [2.05, 4.69) is 45.8 Å². The maximum absolute atomic E-state index is 12.6. The average molecular weight is 534 g/mol. The number of likely N-dealkylation sites (tertiary alicyclic amines) is 1. The van der Waals surface area contributed by atoms with E-state index in [-0.39, 0.29) is 29.9 Å². The molecule has 1 fully saturated rings. The first-order valence-electron chi connectivity index (χ1n) is 10.8.